The third-order valence-corrected chi connectivity index (χ3v) is 3.83. The fourth-order valence-electron chi connectivity index (χ4n) is 2.67. The Bertz CT molecular complexity index is 909. The molecule has 23 heavy (non-hydrogen) atoms. The van der Waals surface area contributed by atoms with Crippen molar-refractivity contribution in [1.82, 2.24) is 0 Å². The van der Waals surface area contributed by atoms with E-state index < -0.39 is 0 Å². The Morgan fingerprint density at radius 3 is 2.74 bits per heavy atom. The molecule has 0 aliphatic heterocycles. The van der Waals surface area contributed by atoms with Crippen molar-refractivity contribution in [2.45, 2.75) is 19.8 Å². The van der Waals surface area contributed by atoms with Crippen LogP contribution in [-0.4, -0.2) is 12.2 Å². The van der Waals surface area contributed by atoms with Gasteiger partial charge in [0.1, 0.15) is 22.8 Å². The first kappa shape index (κ1) is 15.2. The number of rotatable bonds is 4. The maximum absolute atomic E-state index is 12.4. The molecule has 0 radical (unpaired) electrons. The molecular weight excluding hydrogens is 292 g/mol. The number of phenolic OH excluding ortho intramolecular Hbond substituents is 1. The van der Waals surface area contributed by atoms with Gasteiger partial charge in [-0.05, 0) is 30.7 Å². The van der Waals surface area contributed by atoms with Gasteiger partial charge >= 0.3 is 0 Å². The Morgan fingerprint density at radius 1 is 1.17 bits per heavy atom. The molecule has 0 bridgehead atoms. The van der Waals surface area contributed by atoms with Crippen LogP contribution in [0.3, 0.4) is 0 Å². The van der Waals surface area contributed by atoms with Gasteiger partial charge < -0.3 is 14.3 Å². The monoisotopic (exact) mass is 310 g/mol. The molecular formula is C19H18O4. The zero-order valence-electron chi connectivity index (χ0n) is 13.1. The van der Waals surface area contributed by atoms with Crippen LogP contribution >= 0.6 is 0 Å². The summed E-state index contributed by atoms with van der Waals surface area (Å²) in [5, 5.41) is 10.6. The molecule has 0 aliphatic rings. The van der Waals surface area contributed by atoms with Crippen molar-refractivity contribution >= 4 is 11.0 Å². The lowest BCUT2D eigenvalue weighted by Crippen LogP contribution is -2.02. The minimum absolute atomic E-state index is 0.124. The molecule has 2 aromatic carbocycles. The van der Waals surface area contributed by atoms with E-state index in [1.807, 2.05) is 31.2 Å². The van der Waals surface area contributed by atoms with Crippen LogP contribution in [-0.2, 0) is 6.42 Å². The van der Waals surface area contributed by atoms with Gasteiger partial charge in [-0.15, -0.1) is 0 Å². The molecule has 0 fully saturated rings. The molecule has 1 aromatic heterocycles. The highest BCUT2D eigenvalue weighted by molar-refractivity contribution is 5.83. The van der Waals surface area contributed by atoms with Gasteiger partial charge in [0.05, 0.1) is 12.5 Å². The smallest absolute Gasteiger partial charge is 0.193 e. The quantitative estimate of drug-likeness (QED) is 0.787. The van der Waals surface area contributed by atoms with Gasteiger partial charge in [0.25, 0.3) is 0 Å². The molecule has 3 aromatic rings. The first-order valence-corrected chi connectivity index (χ1v) is 7.57. The minimum atomic E-state index is -0.124. The van der Waals surface area contributed by atoms with Gasteiger partial charge in [-0.3, -0.25) is 4.79 Å². The van der Waals surface area contributed by atoms with E-state index in [1.54, 1.807) is 19.2 Å². The average Bonchev–Trinajstić information content (AvgIpc) is 2.57. The first-order chi connectivity index (χ1) is 11.1. The Hall–Kier alpha value is -2.75. The molecule has 0 saturated heterocycles. The van der Waals surface area contributed by atoms with Crippen molar-refractivity contribution in [2.24, 2.45) is 0 Å². The van der Waals surface area contributed by atoms with Crippen LogP contribution in [0.5, 0.6) is 11.5 Å². The summed E-state index contributed by atoms with van der Waals surface area (Å²) in [4.78, 5) is 12.4. The summed E-state index contributed by atoms with van der Waals surface area (Å²) in [6.07, 6.45) is 1.49. The molecule has 118 valence electrons. The second kappa shape index (κ2) is 6.16. The molecule has 0 amide bonds. The highest BCUT2D eigenvalue weighted by atomic mass is 16.5. The third-order valence-electron chi connectivity index (χ3n) is 3.83. The lowest BCUT2D eigenvalue weighted by Gasteiger charge is -2.09. The summed E-state index contributed by atoms with van der Waals surface area (Å²) in [7, 11) is 1.59. The van der Waals surface area contributed by atoms with Crippen LogP contribution in [0, 0.1) is 0 Å². The Kier molecular flexibility index (Phi) is 4.06. The highest BCUT2D eigenvalue weighted by Crippen LogP contribution is 2.31. The number of fused-ring (bicyclic) bond motifs is 1. The number of aryl methyl sites for hydroxylation is 1. The second-order valence-corrected chi connectivity index (χ2v) is 5.40. The van der Waals surface area contributed by atoms with E-state index in [0.717, 1.165) is 12.0 Å². The molecule has 1 heterocycles. The lowest BCUT2D eigenvalue weighted by molar-refractivity contribution is 0.415. The normalized spacial score (nSPS) is 10.9. The van der Waals surface area contributed by atoms with E-state index in [2.05, 4.69) is 0 Å². The van der Waals surface area contributed by atoms with Crippen molar-refractivity contribution in [1.29, 1.82) is 0 Å². The maximum atomic E-state index is 12.4. The molecule has 0 spiro atoms. The van der Waals surface area contributed by atoms with Crippen molar-refractivity contribution < 1.29 is 14.3 Å². The molecule has 0 saturated carbocycles. The maximum Gasteiger partial charge on any atom is 0.193 e. The summed E-state index contributed by atoms with van der Waals surface area (Å²) in [6, 6.07) is 12.0. The SMILES string of the molecule is CCCc1c(O)ccc2c(=O)cc(-c3cccc(OC)c3)oc12. The van der Waals surface area contributed by atoms with Crippen LogP contribution in [0.25, 0.3) is 22.3 Å². The Morgan fingerprint density at radius 2 is 2.00 bits per heavy atom. The Labute approximate surface area is 134 Å². The van der Waals surface area contributed by atoms with Crippen LogP contribution in [0.2, 0.25) is 0 Å². The summed E-state index contributed by atoms with van der Waals surface area (Å²) in [5.41, 5.74) is 1.76. The highest BCUT2D eigenvalue weighted by Gasteiger charge is 2.13. The van der Waals surface area contributed by atoms with Gasteiger partial charge in [0.2, 0.25) is 0 Å². The predicted octanol–water partition coefficient (Wildman–Crippen LogP) is 4.13. The van der Waals surface area contributed by atoms with Gasteiger partial charge in [-0.2, -0.15) is 0 Å². The fourth-order valence-corrected chi connectivity index (χ4v) is 2.67. The Balaban J connectivity index is 2.27. The average molecular weight is 310 g/mol. The van der Waals surface area contributed by atoms with Crippen LogP contribution < -0.4 is 10.2 Å². The minimum Gasteiger partial charge on any atom is -0.508 e. The number of ether oxygens (including phenoxy) is 1. The van der Waals surface area contributed by atoms with Gasteiger partial charge in [-0.25, -0.2) is 0 Å². The van der Waals surface area contributed by atoms with Gasteiger partial charge in [-0.1, -0.05) is 25.5 Å². The zero-order chi connectivity index (χ0) is 16.4. The van der Waals surface area contributed by atoms with E-state index in [1.165, 1.54) is 6.07 Å². The topological polar surface area (TPSA) is 59.7 Å². The summed E-state index contributed by atoms with van der Waals surface area (Å²) in [5.74, 6) is 1.31. The molecule has 4 heteroatoms. The fraction of sp³-hybridized carbons (Fsp3) is 0.211. The molecule has 4 nitrogen and oxygen atoms in total. The van der Waals surface area contributed by atoms with Gasteiger partial charge in [0, 0.05) is 17.2 Å². The van der Waals surface area contributed by atoms with E-state index in [9.17, 15) is 9.90 Å². The zero-order valence-corrected chi connectivity index (χ0v) is 13.1. The molecule has 0 unspecified atom stereocenters. The number of hydrogen-bond acceptors (Lipinski definition) is 4. The van der Waals surface area contributed by atoms with E-state index in [4.69, 9.17) is 9.15 Å². The first-order valence-electron chi connectivity index (χ1n) is 7.57. The van der Waals surface area contributed by atoms with Crippen LogP contribution in [0.4, 0.5) is 0 Å². The number of benzene rings is 2. The van der Waals surface area contributed by atoms with E-state index >= 15 is 0 Å². The van der Waals surface area contributed by atoms with Crippen LogP contribution in [0.15, 0.2) is 51.7 Å². The van der Waals surface area contributed by atoms with Crippen molar-refractivity contribution in [3.8, 4) is 22.8 Å². The van der Waals surface area contributed by atoms with E-state index in [0.29, 0.717) is 34.5 Å². The number of methoxy groups -OCH3 is 1. The number of hydrogen-bond donors (Lipinski definition) is 1. The van der Waals surface area contributed by atoms with Crippen molar-refractivity contribution in [2.75, 3.05) is 7.11 Å². The second-order valence-electron chi connectivity index (χ2n) is 5.40. The number of aromatic hydroxyl groups is 1. The van der Waals surface area contributed by atoms with Gasteiger partial charge in [0.15, 0.2) is 5.43 Å². The summed E-state index contributed by atoms with van der Waals surface area (Å²) in [6.45, 7) is 2.02. The lowest BCUT2D eigenvalue weighted by atomic mass is 10.0. The molecule has 3 rings (SSSR count). The molecule has 1 N–H and O–H groups in total. The summed E-state index contributed by atoms with van der Waals surface area (Å²) >= 11 is 0. The number of phenols is 1. The van der Waals surface area contributed by atoms with E-state index in [-0.39, 0.29) is 11.2 Å². The molecule has 0 atom stereocenters. The summed E-state index contributed by atoms with van der Waals surface area (Å²) < 4.78 is 11.2. The molecule has 0 aliphatic carbocycles. The standard InChI is InChI=1S/C19H18O4/c1-3-5-14-16(20)9-8-15-17(21)11-18(23-19(14)15)12-6-4-7-13(10-12)22-2/h4,6-11,20H,3,5H2,1-2H3. The largest absolute Gasteiger partial charge is 0.508 e. The van der Waals surface area contributed by atoms with Crippen LogP contribution in [0.1, 0.15) is 18.9 Å². The third kappa shape index (κ3) is 2.80. The van der Waals surface area contributed by atoms with Crippen molar-refractivity contribution in [3.63, 3.8) is 0 Å². The predicted molar refractivity (Wildman–Crippen MR) is 90.1 cm³/mol. The van der Waals surface area contributed by atoms with Crippen molar-refractivity contribution in [3.05, 3.63) is 58.3 Å².